The Bertz CT molecular complexity index is 221. The normalized spacial score (nSPS) is 13.4. The maximum Gasteiger partial charge on any atom is 0.0945 e. The van der Waals surface area contributed by atoms with Crippen LogP contribution in [0.4, 0.5) is 0 Å². The lowest BCUT2D eigenvalue weighted by Gasteiger charge is -2.07. The van der Waals surface area contributed by atoms with E-state index in [2.05, 4.69) is 9.82 Å². The zero-order chi connectivity index (χ0) is 8.27. The lowest BCUT2D eigenvalue weighted by molar-refractivity contribution is 0.648. The second kappa shape index (κ2) is 3.74. The fourth-order valence-corrected chi connectivity index (χ4v) is 1.01. The van der Waals surface area contributed by atoms with E-state index in [1.807, 2.05) is 24.7 Å². The largest absolute Gasteiger partial charge is 0.338 e. The molecule has 1 N–H and O–H groups in total. The van der Waals surface area contributed by atoms with Gasteiger partial charge in [-0.15, -0.1) is 0 Å². The molecule has 0 radical (unpaired) electrons. The Kier molecular flexibility index (Phi) is 2.91. The molecule has 1 atom stereocenters. The van der Waals surface area contributed by atoms with Crippen LogP contribution in [0.3, 0.4) is 0 Å². The molecule has 0 aliphatic heterocycles. The monoisotopic (exact) mass is 173 g/mol. The molecule has 0 unspecified atom stereocenters. The van der Waals surface area contributed by atoms with Crippen molar-refractivity contribution >= 4 is 11.8 Å². The number of rotatable bonds is 3. The quantitative estimate of drug-likeness (QED) is 0.694. The van der Waals surface area contributed by atoms with Gasteiger partial charge in [-0.25, -0.2) is 9.82 Å². The molecule has 0 saturated carbocycles. The van der Waals surface area contributed by atoms with Crippen LogP contribution < -0.4 is 4.84 Å². The lowest BCUT2D eigenvalue weighted by atomic mass is 10.2. The van der Waals surface area contributed by atoms with Gasteiger partial charge < -0.3 is 4.57 Å². The second-order valence-electron chi connectivity index (χ2n) is 2.71. The number of aromatic nitrogens is 2. The molecular formula is C7H12ClN3. The molecule has 1 aromatic rings. The summed E-state index contributed by atoms with van der Waals surface area (Å²) in [6.07, 6.45) is 4.54. The number of nitrogens with one attached hydrogen (secondary N) is 1. The van der Waals surface area contributed by atoms with E-state index in [0.717, 1.165) is 6.42 Å². The van der Waals surface area contributed by atoms with Crippen molar-refractivity contribution in [3.05, 3.63) is 18.2 Å². The molecule has 0 bridgehead atoms. The van der Waals surface area contributed by atoms with Crippen molar-refractivity contribution in [2.45, 2.75) is 19.4 Å². The van der Waals surface area contributed by atoms with Gasteiger partial charge in [0.25, 0.3) is 0 Å². The van der Waals surface area contributed by atoms with E-state index in [1.165, 1.54) is 5.69 Å². The molecule has 1 rings (SSSR count). The van der Waals surface area contributed by atoms with E-state index >= 15 is 0 Å². The van der Waals surface area contributed by atoms with Gasteiger partial charge in [0.15, 0.2) is 0 Å². The van der Waals surface area contributed by atoms with Crippen LogP contribution in [0, 0.1) is 0 Å². The van der Waals surface area contributed by atoms with E-state index < -0.39 is 0 Å². The third-order valence-corrected chi connectivity index (χ3v) is 1.99. The molecule has 4 heteroatoms. The number of hydrogen-bond acceptors (Lipinski definition) is 2. The molecule has 1 aromatic heterocycles. The van der Waals surface area contributed by atoms with E-state index in [9.17, 15) is 0 Å². The van der Waals surface area contributed by atoms with Gasteiger partial charge in [0, 0.05) is 31.4 Å². The third-order valence-electron chi connectivity index (χ3n) is 1.62. The highest BCUT2D eigenvalue weighted by Gasteiger charge is 2.03. The summed E-state index contributed by atoms with van der Waals surface area (Å²) < 4.78 is 1.99. The molecule has 0 aromatic carbocycles. The van der Waals surface area contributed by atoms with Gasteiger partial charge in [0.05, 0.1) is 6.33 Å². The lowest BCUT2D eigenvalue weighted by Crippen LogP contribution is -2.20. The van der Waals surface area contributed by atoms with E-state index in [1.54, 1.807) is 6.33 Å². The number of nitrogens with zero attached hydrogens (tertiary/aromatic N) is 2. The summed E-state index contributed by atoms with van der Waals surface area (Å²) in [6.45, 7) is 2.03. The molecule has 0 aliphatic rings. The van der Waals surface area contributed by atoms with Crippen LogP contribution in [0.5, 0.6) is 0 Å². The molecule has 0 amide bonds. The summed E-state index contributed by atoms with van der Waals surface area (Å²) in [5.41, 5.74) is 1.19. The number of hydrogen-bond donors (Lipinski definition) is 1. The Morgan fingerprint density at radius 1 is 1.82 bits per heavy atom. The summed E-state index contributed by atoms with van der Waals surface area (Å²) >= 11 is 5.44. The van der Waals surface area contributed by atoms with Crippen molar-refractivity contribution in [3.63, 3.8) is 0 Å². The van der Waals surface area contributed by atoms with Gasteiger partial charge in [0.1, 0.15) is 0 Å². The molecule has 3 nitrogen and oxygen atoms in total. The van der Waals surface area contributed by atoms with Crippen LogP contribution in [-0.4, -0.2) is 15.6 Å². The zero-order valence-electron chi connectivity index (χ0n) is 6.71. The standard InChI is InChI=1S/C7H12ClN3/c1-6(10-8)3-7-4-9-5-11(7)2/h4-6,10H,3H2,1-2H3/t6-/m0/s1. The van der Waals surface area contributed by atoms with Crippen molar-refractivity contribution in [2.75, 3.05) is 0 Å². The van der Waals surface area contributed by atoms with Crippen LogP contribution in [-0.2, 0) is 13.5 Å². The molecule has 0 saturated heterocycles. The Morgan fingerprint density at radius 3 is 3.00 bits per heavy atom. The molecule has 11 heavy (non-hydrogen) atoms. The maximum absolute atomic E-state index is 5.44. The zero-order valence-corrected chi connectivity index (χ0v) is 7.47. The van der Waals surface area contributed by atoms with Crippen LogP contribution >= 0.6 is 11.8 Å². The fraction of sp³-hybridized carbons (Fsp3) is 0.571. The van der Waals surface area contributed by atoms with Crippen molar-refractivity contribution in [2.24, 2.45) is 7.05 Å². The van der Waals surface area contributed by atoms with Gasteiger partial charge in [-0.3, -0.25) is 0 Å². The molecule has 0 fully saturated rings. The highest BCUT2D eigenvalue weighted by molar-refractivity contribution is 6.13. The Balaban J connectivity index is 2.56. The second-order valence-corrected chi connectivity index (χ2v) is 2.93. The Hall–Kier alpha value is -0.540. The number of aryl methyl sites for hydroxylation is 1. The van der Waals surface area contributed by atoms with Gasteiger partial charge in [-0.1, -0.05) is 0 Å². The minimum absolute atomic E-state index is 0.284. The van der Waals surface area contributed by atoms with Crippen LogP contribution in [0.1, 0.15) is 12.6 Å². The molecular weight excluding hydrogens is 162 g/mol. The minimum atomic E-state index is 0.284. The summed E-state index contributed by atoms with van der Waals surface area (Å²) in [7, 11) is 1.98. The van der Waals surface area contributed by atoms with Crippen LogP contribution in [0.2, 0.25) is 0 Å². The Morgan fingerprint density at radius 2 is 2.55 bits per heavy atom. The van der Waals surface area contributed by atoms with Gasteiger partial charge >= 0.3 is 0 Å². The van der Waals surface area contributed by atoms with E-state index in [0.29, 0.717) is 0 Å². The highest BCUT2D eigenvalue weighted by Crippen LogP contribution is 2.00. The SMILES string of the molecule is C[C@@H](Cc1cncn1C)NCl. The van der Waals surface area contributed by atoms with E-state index in [-0.39, 0.29) is 6.04 Å². The fourth-order valence-electron chi connectivity index (χ4n) is 0.934. The average molecular weight is 174 g/mol. The summed E-state index contributed by atoms with van der Waals surface area (Å²) in [4.78, 5) is 6.66. The average Bonchev–Trinajstić information content (AvgIpc) is 2.37. The first-order valence-electron chi connectivity index (χ1n) is 3.55. The molecule has 1 heterocycles. The first-order chi connectivity index (χ1) is 5.24. The van der Waals surface area contributed by atoms with Crippen molar-refractivity contribution in [3.8, 4) is 0 Å². The van der Waals surface area contributed by atoms with Gasteiger partial charge in [0.2, 0.25) is 0 Å². The summed E-state index contributed by atoms with van der Waals surface area (Å²) in [5.74, 6) is 0. The first kappa shape index (κ1) is 8.56. The van der Waals surface area contributed by atoms with Crippen LogP contribution in [0.25, 0.3) is 0 Å². The first-order valence-corrected chi connectivity index (χ1v) is 3.93. The summed E-state index contributed by atoms with van der Waals surface area (Å²) in [6, 6.07) is 0.284. The minimum Gasteiger partial charge on any atom is -0.338 e. The molecule has 62 valence electrons. The van der Waals surface area contributed by atoms with Gasteiger partial charge in [-0.2, -0.15) is 0 Å². The van der Waals surface area contributed by atoms with Crippen molar-refractivity contribution in [1.29, 1.82) is 0 Å². The predicted octanol–water partition coefficient (Wildman–Crippen LogP) is 1.09. The van der Waals surface area contributed by atoms with Crippen LogP contribution in [0.15, 0.2) is 12.5 Å². The molecule has 0 spiro atoms. The third kappa shape index (κ3) is 2.20. The van der Waals surface area contributed by atoms with Gasteiger partial charge in [-0.05, 0) is 18.7 Å². The predicted molar refractivity (Wildman–Crippen MR) is 45.4 cm³/mol. The smallest absolute Gasteiger partial charge is 0.0945 e. The topological polar surface area (TPSA) is 29.9 Å². The number of halogens is 1. The highest BCUT2D eigenvalue weighted by atomic mass is 35.5. The van der Waals surface area contributed by atoms with Crippen molar-refractivity contribution < 1.29 is 0 Å². The van der Waals surface area contributed by atoms with E-state index in [4.69, 9.17) is 11.8 Å². The Labute approximate surface area is 71.5 Å². The molecule has 0 aliphatic carbocycles. The number of imidazole rings is 1. The van der Waals surface area contributed by atoms with Crippen molar-refractivity contribution in [1.82, 2.24) is 14.4 Å². The maximum atomic E-state index is 5.44. The summed E-state index contributed by atoms with van der Waals surface area (Å²) in [5, 5.41) is 0.